The molecule has 1 aromatic heterocycles. The molecule has 3 aromatic rings. The van der Waals surface area contributed by atoms with Crippen LogP contribution in [0.4, 0.5) is 5.69 Å². The maximum absolute atomic E-state index is 13.0. The maximum Gasteiger partial charge on any atom is 0.339 e. The van der Waals surface area contributed by atoms with E-state index in [2.05, 4.69) is 10.3 Å². The summed E-state index contributed by atoms with van der Waals surface area (Å²) >= 11 is 6.41. The van der Waals surface area contributed by atoms with Crippen molar-refractivity contribution in [2.45, 2.75) is 13.3 Å². The fourth-order valence-electron chi connectivity index (χ4n) is 3.66. The van der Waals surface area contributed by atoms with Crippen molar-refractivity contribution in [3.05, 3.63) is 70.3 Å². The molecule has 4 rings (SSSR count). The van der Waals surface area contributed by atoms with Gasteiger partial charge in [0.2, 0.25) is 5.91 Å². The van der Waals surface area contributed by atoms with Crippen LogP contribution in [0.1, 0.15) is 28.0 Å². The lowest BCUT2D eigenvalue weighted by molar-refractivity contribution is -0.122. The lowest BCUT2D eigenvalue weighted by atomic mass is 10.1. The number of nitrogens with zero attached hydrogens (tertiary/aromatic N) is 2. The Morgan fingerprint density at radius 1 is 1.11 bits per heavy atom. The minimum absolute atomic E-state index is 0.0204. The summed E-state index contributed by atoms with van der Waals surface area (Å²) in [6.45, 7) is 1.68. The predicted molar refractivity (Wildman–Crippen MR) is 146 cm³/mol. The van der Waals surface area contributed by atoms with Crippen molar-refractivity contribution >= 4 is 57.8 Å². The van der Waals surface area contributed by atoms with Crippen LogP contribution in [-0.2, 0) is 9.59 Å². The number of hydrogen-bond acceptors (Lipinski definition) is 9. The van der Waals surface area contributed by atoms with Crippen LogP contribution < -0.4 is 5.32 Å². The van der Waals surface area contributed by atoms with Gasteiger partial charge in [0.1, 0.15) is 15.6 Å². The molecule has 0 saturated carbocycles. The van der Waals surface area contributed by atoms with Crippen LogP contribution in [0.15, 0.2) is 53.4 Å². The Kier molecular flexibility index (Phi) is 7.65. The van der Waals surface area contributed by atoms with Crippen LogP contribution in [0.2, 0.25) is 0 Å². The van der Waals surface area contributed by atoms with Crippen LogP contribution in [-0.4, -0.2) is 59.0 Å². The molecule has 1 fully saturated rings. The van der Waals surface area contributed by atoms with Gasteiger partial charge in [-0.3, -0.25) is 14.5 Å². The van der Waals surface area contributed by atoms with Crippen molar-refractivity contribution in [1.29, 1.82) is 0 Å². The van der Waals surface area contributed by atoms with Crippen molar-refractivity contribution in [1.82, 2.24) is 9.88 Å². The first-order valence-electron chi connectivity index (χ1n) is 11.1. The Hall–Kier alpha value is -4.42. The van der Waals surface area contributed by atoms with E-state index in [1.54, 1.807) is 37.3 Å². The first-order valence-corrected chi connectivity index (χ1v) is 12.4. The molecule has 1 aliphatic rings. The SMILES string of the molecule is Cc1cc(-c2cccc(C=C3SC(=S)N(CCC(=O)Nc4ccc(C(=O)O)c(O)c4)C3=O)n2)cc(O)c1O. The van der Waals surface area contributed by atoms with Gasteiger partial charge in [0, 0.05) is 30.3 Å². The molecule has 0 aliphatic carbocycles. The number of thiocarbonyl (C=S) groups is 1. The smallest absolute Gasteiger partial charge is 0.339 e. The van der Waals surface area contributed by atoms with E-state index in [1.807, 2.05) is 0 Å². The zero-order valence-electron chi connectivity index (χ0n) is 19.8. The third kappa shape index (κ3) is 5.76. The van der Waals surface area contributed by atoms with Gasteiger partial charge in [-0.2, -0.15) is 0 Å². The van der Waals surface area contributed by atoms with Gasteiger partial charge in [-0.25, -0.2) is 9.78 Å². The number of carboxylic acids is 1. The molecule has 0 unspecified atom stereocenters. The molecule has 0 bridgehead atoms. The maximum atomic E-state index is 13.0. The minimum Gasteiger partial charge on any atom is -0.507 e. The van der Waals surface area contributed by atoms with Crippen molar-refractivity contribution in [3.8, 4) is 28.5 Å². The number of phenols is 3. The second-order valence-electron chi connectivity index (χ2n) is 8.28. The van der Waals surface area contributed by atoms with Crippen molar-refractivity contribution < 1.29 is 34.8 Å². The average molecular weight is 552 g/mol. The van der Waals surface area contributed by atoms with E-state index >= 15 is 0 Å². The number of hydrogen-bond donors (Lipinski definition) is 5. The molecule has 38 heavy (non-hydrogen) atoms. The van der Waals surface area contributed by atoms with Gasteiger partial charge in [0.05, 0.1) is 16.3 Å². The molecule has 0 spiro atoms. The van der Waals surface area contributed by atoms with Gasteiger partial charge in [0.15, 0.2) is 11.5 Å². The number of carbonyl (C=O) groups is 3. The van der Waals surface area contributed by atoms with Crippen LogP contribution in [0, 0.1) is 6.92 Å². The molecule has 10 nitrogen and oxygen atoms in total. The fourth-order valence-corrected chi connectivity index (χ4v) is 4.95. The van der Waals surface area contributed by atoms with Crippen LogP contribution in [0.25, 0.3) is 17.3 Å². The highest BCUT2D eigenvalue weighted by Crippen LogP contribution is 2.35. The molecule has 2 amide bonds. The molecule has 194 valence electrons. The summed E-state index contributed by atoms with van der Waals surface area (Å²) in [6.07, 6.45) is 1.50. The second-order valence-corrected chi connectivity index (χ2v) is 9.95. The third-order valence-corrected chi connectivity index (χ3v) is 6.95. The van der Waals surface area contributed by atoms with Crippen molar-refractivity contribution in [3.63, 3.8) is 0 Å². The van der Waals surface area contributed by atoms with E-state index in [0.29, 0.717) is 27.4 Å². The molecule has 1 saturated heterocycles. The van der Waals surface area contributed by atoms with Gasteiger partial charge < -0.3 is 25.7 Å². The van der Waals surface area contributed by atoms with E-state index in [-0.39, 0.29) is 45.9 Å². The second kappa shape index (κ2) is 10.9. The lowest BCUT2D eigenvalue weighted by Crippen LogP contribution is -2.31. The monoisotopic (exact) mass is 551 g/mol. The largest absolute Gasteiger partial charge is 0.507 e. The number of thioether (sulfide) groups is 1. The number of aromatic hydroxyl groups is 3. The number of aromatic nitrogens is 1. The average Bonchev–Trinajstić information content (AvgIpc) is 3.12. The number of phenolic OH excluding ortho intramolecular Hbond substituents is 2. The van der Waals surface area contributed by atoms with E-state index in [1.165, 1.54) is 23.1 Å². The van der Waals surface area contributed by atoms with Crippen molar-refractivity contribution in [2.24, 2.45) is 0 Å². The molecular formula is C26H21N3O7S2. The highest BCUT2D eigenvalue weighted by Gasteiger charge is 2.32. The standard InChI is InChI=1S/C26H21N3O7S2/c1-13-9-14(10-20(31)23(13)33)18-4-2-3-15(27-18)12-21-24(34)29(26(37)38-21)8-7-22(32)28-16-5-6-17(25(35)36)19(30)11-16/h2-6,9-12,30-31,33H,7-8H2,1H3,(H,28,32)(H,35,36). The summed E-state index contributed by atoms with van der Waals surface area (Å²) in [6, 6.07) is 11.9. The summed E-state index contributed by atoms with van der Waals surface area (Å²) in [7, 11) is 0. The number of aromatic carboxylic acids is 1. The van der Waals surface area contributed by atoms with Gasteiger partial charge in [-0.1, -0.05) is 30.0 Å². The van der Waals surface area contributed by atoms with E-state index in [4.69, 9.17) is 17.3 Å². The Balaban J connectivity index is 1.42. The number of carboxylic acid groups (broad SMARTS) is 1. The summed E-state index contributed by atoms with van der Waals surface area (Å²) in [4.78, 5) is 42.5. The Labute approximate surface area is 226 Å². The summed E-state index contributed by atoms with van der Waals surface area (Å²) in [5.74, 6) is -3.05. The molecule has 0 radical (unpaired) electrons. The first kappa shape index (κ1) is 26.6. The Morgan fingerprint density at radius 3 is 2.55 bits per heavy atom. The van der Waals surface area contributed by atoms with E-state index in [9.17, 15) is 29.7 Å². The highest BCUT2D eigenvalue weighted by molar-refractivity contribution is 8.26. The number of aryl methyl sites for hydroxylation is 1. The molecule has 0 atom stereocenters. The summed E-state index contributed by atoms with van der Waals surface area (Å²) < 4.78 is 0.285. The predicted octanol–water partition coefficient (Wildman–Crippen LogP) is 4.10. The molecule has 1 aliphatic heterocycles. The minimum atomic E-state index is -1.29. The van der Waals surface area contributed by atoms with Crippen molar-refractivity contribution in [2.75, 3.05) is 11.9 Å². The molecule has 2 aromatic carbocycles. The number of benzene rings is 2. The van der Waals surface area contributed by atoms with Crippen LogP contribution in [0.5, 0.6) is 17.2 Å². The van der Waals surface area contributed by atoms with Crippen LogP contribution >= 0.6 is 24.0 Å². The number of nitrogens with one attached hydrogen (secondary N) is 1. The quantitative estimate of drug-likeness (QED) is 0.164. The third-order valence-electron chi connectivity index (χ3n) is 5.57. The van der Waals surface area contributed by atoms with E-state index < -0.39 is 17.6 Å². The molecule has 12 heteroatoms. The molecule has 2 heterocycles. The zero-order valence-corrected chi connectivity index (χ0v) is 21.5. The number of amides is 2. The van der Waals surface area contributed by atoms with E-state index in [0.717, 1.165) is 17.8 Å². The molecule has 5 N–H and O–H groups in total. The number of carbonyl (C=O) groups excluding carboxylic acids is 2. The number of anilines is 1. The molecular weight excluding hydrogens is 530 g/mol. The van der Waals surface area contributed by atoms with Gasteiger partial charge in [-0.05, 0) is 55.0 Å². The zero-order chi connectivity index (χ0) is 27.6. The summed E-state index contributed by atoms with van der Waals surface area (Å²) in [5.41, 5.74) is 2.03. The highest BCUT2D eigenvalue weighted by atomic mass is 32.2. The summed E-state index contributed by atoms with van der Waals surface area (Å²) in [5, 5.41) is 41.0. The number of rotatable bonds is 7. The van der Waals surface area contributed by atoms with Crippen LogP contribution in [0.3, 0.4) is 0 Å². The number of pyridine rings is 1. The van der Waals surface area contributed by atoms with Gasteiger partial charge >= 0.3 is 5.97 Å². The Bertz CT molecular complexity index is 1500. The first-order chi connectivity index (χ1) is 18.0. The fraction of sp³-hybridized carbons (Fsp3) is 0.115. The Morgan fingerprint density at radius 2 is 1.87 bits per heavy atom. The lowest BCUT2D eigenvalue weighted by Gasteiger charge is -2.14. The normalized spacial score (nSPS) is 14.2. The van der Waals surface area contributed by atoms with Gasteiger partial charge in [0.25, 0.3) is 5.91 Å². The topological polar surface area (TPSA) is 160 Å². The van der Waals surface area contributed by atoms with Gasteiger partial charge in [-0.15, -0.1) is 0 Å².